The Labute approximate surface area is 96.0 Å². The molecule has 1 nitrogen and oxygen atoms in total. The first-order chi connectivity index (χ1) is 7.04. The van der Waals surface area contributed by atoms with E-state index in [0.29, 0.717) is 5.41 Å². The van der Waals surface area contributed by atoms with Gasteiger partial charge in [0.1, 0.15) is 0 Å². The summed E-state index contributed by atoms with van der Waals surface area (Å²) in [6.07, 6.45) is 7.23. The topological polar surface area (TPSA) is 12.0 Å². The van der Waals surface area contributed by atoms with Crippen LogP contribution in [-0.2, 0) is 0 Å². The summed E-state index contributed by atoms with van der Waals surface area (Å²) >= 11 is 0. The van der Waals surface area contributed by atoms with Gasteiger partial charge in [0.25, 0.3) is 0 Å². The molecule has 0 saturated heterocycles. The van der Waals surface area contributed by atoms with E-state index in [0.717, 1.165) is 11.8 Å². The van der Waals surface area contributed by atoms with Gasteiger partial charge in [-0.3, -0.25) is 0 Å². The van der Waals surface area contributed by atoms with Crippen molar-refractivity contribution in [3.8, 4) is 0 Å². The van der Waals surface area contributed by atoms with Gasteiger partial charge in [0.2, 0.25) is 0 Å². The fourth-order valence-corrected chi connectivity index (χ4v) is 2.41. The van der Waals surface area contributed by atoms with Gasteiger partial charge >= 0.3 is 0 Å². The van der Waals surface area contributed by atoms with Crippen LogP contribution in [0, 0.1) is 17.3 Å². The quantitative estimate of drug-likeness (QED) is 0.674. The smallest absolute Gasteiger partial charge is 0.000792 e. The van der Waals surface area contributed by atoms with E-state index in [1.807, 2.05) is 0 Å². The van der Waals surface area contributed by atoms with E-state index >= 15 is 0 Å². The maximum Gasteiger partial charge on any atom is 0.000792 e. The molecule has 0 atom stereocenters. The molecular formula is C14H29N. The van der Waals surface area contributed by atoms with Crippen LogP contribution in [0.3, 0.4) is 0 Å². The minimum atomic E-state index is 0.680. The van der Waals surface area contributed by atoms with E-state index in [1.54, 1.807) is 0 Å². The summed E-state index contributed by atoms with van der Waals surface area (Å²) in [6.45, 7) is 11.7. The molecular weight excluding hydrogens is 182 g/mol. The van der Waals surface area contributed by atoms with Crippen molar-refractivity contribution in [1.29, 1.82) is 0 Å². The number of hydrogen-bond donors (Lipinski definition) is 1. The monoisotopic (exact) mass is 211 g/mol. The van der Waals surface area contributed by atoms with Crippen LogP contribution < -0.4 is 5.32 Å². The van der Waals surface area contributed by atoms with Crippen molar-refractivity contribution in [3.63, 3.8) is 0 Å². The second-order valence-corrected chi connectivity index (χ2v) is 6.31. The maximum absolute atomic E-state index is 3.65. The molecule has 0 unspecified atom stereocenters. The molecule has 1 aliphatic rings. The van der Waals surface area contributed by atoms with Crippen molar-refractivity contribution in [2.75, 3.05) is 13.1 Å². The predicted molar refractivity (Wildman–Crippen MR) is 68.1 cm³/mol. The molecule has 0 spiro atoms. The SMILES string of the molecule is CC(C)CCC1(CNCC(C)C)CCC1. The lowest BCUT2D eigenvalue weighted by atomic mass is 9.65. The molecule has 1 aliphatic carbocycles. The summed E-state index contributed by atoms with van der Waals surface area (Å²) in [4.78, 5) is 0. The van der Waals surface area contributed by atoms with E-state index in [-0.39, 0.29) is 0 Å². The molecule has 1 heteroatoms. The highest BCUT2D eigenvalue weighted by Crippen LogP contribution is 2.44. The Kier molecular flexibility index (Phi) is 5.11. The first-order valence-electron chi connectivity index (χ1n) is 6.75. The van der Waals surface area contributed by atoms with Gasteiger partial charge in [0.05, 0.1) is 0 Å². The molecule has 0 aromatic heterocycles. The van der Waals surface area contributed by atoms with Gasteiger partial charge in [-0.1, -0.05) is 40.5 Å². The molecule has 90 valence electrons. The van der Waals surface area contributed by atoms with Crippen LogP contribution in [0.5, 0.6) is 0 Å². The molecule has 1 saturated carbocycles. The minimum absolute atomic E-state index is 0.680. The standard InChI is InChI=1S/C14H29N/c1-12(2)6-9-14(7-5-8-14)11-15-10-13(3)4/h12-13,15H,5-11H2,1-4H3. The lowest BCUT2D eigenvalue weighted by Crippen LogP contribution is -2.41. The second-order valence-electron chi connectivity index (χ2n) is 6.31. The molecule has 0 heterocycles. The highest BCUT2D eigenvalue weighted by molar-refractivity contribution is 4.89. The Bertz CT molecular complexity index is 168. The summed E-state index contributed by atoms with van der Waals surface area (Å²) in [7, 11) is 0. The molecule has 0 bridgehead atoms. The van der Waals surface area contributed by atoms with Crippen LogP contribution in [0.1, 0.15) is 59.8 Å². The van der Waals surface area contributed by atoms with Crippen LogP contribution in [-0.4, -0.2) is 13.1 Å². The summed E-state index contributed by atoms with van der Waals surface area (Å²) < 4.78 is 0. The Morgan fingerprint density at radius 3 is 2.13 bits per heavy atom. The van der Waals surface area contributed by atoms with E-state index in [1.165, 1.54) is 45.2 Å². The molecule has 0 aromatic rings. The van der Waals surface area contributed by atoms with Crippen molar-refractivity contribution >= 4 is 0 Å². The Morgan fingerprint density at radius 1 is 1.07 bits per heavy atom. The lowest BCUT2D eigenvalue weighted by molar-refractivity contribution is 0.107. The average Bonchev–Trinajstić information content (AvgIpc) is 2.07. The van der Waals surface area contributed by atoms with E-state index in [2.05, 4.69) is 33.0 Å². The highest BCUT2D eigenvalue weighted by Gasteiger charge is 2.35. The van der Waals surface area contributed by atoms with Gasteiger partial charge in [-0.05, 0) is 43.1 Å². The Balaban J connectivity index is 2.21. The first-order valence-corrected chi connectivity index (χ1v) is 6.75. The third kappa shape index (κ3) is 4.55. The third-order valence-corrected chi connectivity index (χ3v) is 3.72. The number of rotatable bonds is 7. The number of nitrogens with one attached hydrogen (secondary N) is 1. The number of hydrogen-bond acceptors (Lipinski definition) is 1. The average molecular weight is 211 g/mol. The summed E-state index contributed by atoms with van der Waals surface area (Å²) in [5.41, 5.74) is 0.680. The normalized spacial score (nSPS) is 19.6. The molecule has 1 fully saturated rings. The van der Waals surface area contributed by atoms with Crippen LogP contribution in [0.25, 0.3) is 0 Å². The van der Waals surface area contributed by atoms with Crippen molar-refractivity contribution < 1.29 is 0 Å². The molecule has 0 radical (unpaired) electrons. The molecule has 0 aromatic carbocycles. The zero-order valence-electron chi connectivity index (χ0n) is 11.1. The van der Waals surface area contributed by atoms with Gasteiger partial charge in [-0.2, -0.15) is 0 Å². The van der Waals surface area contributed by atoms with Crippen molar-refractivity contribution in [2.45, 2.75) is 59.8 Å². The van der Waals surface area contributed by atoms with Crippen LogP contribution in [0.15, 0.2) is 0 Å². The molecule has 15 heavy (non-hydrogen) atoms. The fourth-order valence-electron chi connectivity index (χ4n) is 2.41. The predicted octanol–water partition coefficient (Wildman–Crippen LogP) is 3.84. The zero-order chi connectivity index (χ0) is 11.3. The van der Waals surface area contributed by atoms with Gasteiger partial charge in [0.15, 0.2) is 0 Å². The van der Waals surface area contributed by atoms with E-state index in [4.69, 9.17) is 0 Å². The summed E-state index contributed by atoms with van der Waals surface area (Å²) in [6, 6.07) is 0. The van der Waals surface area contributed by atoms with Crippen LogP contribution >= 0.6 is 0 Å². The van der Waals surface area contributed by atoms with Gasteiger partial charge < -0.3 is 5.32 Å². The van der Waals surface area contributed by atoms with Crippen molar-refractivity contribution in [3.05, 3.63) is 0 Å². The first kappa shape index (κ1) is 13.0. The Hall–Kier alpha value is -0.0400. The van der Waals surface area contributed by atoms with Gasteiger partial charge in [0, 0.05) is 6.54 Å². The Morgan fingerprint density at radius 2 is 1.73 bits per heavy atom. The highest BCUT2D eigenvalue weighted by atomic mass is 14.9. The zero-order valence-corrected chi connectivity index (χ0v) is 11.1. The van der Waals surface area contributed by atoms with Crippen molar-refractivity contribution in [1.82, 2.24) is 5.32 Å². The molecule has 0 amide bonds. The summed E-state index contributed by atoms with van der Waals surface area (Å²) in [5.74, 6) is 1.65. The lowest BCUT2D eigenvalue weighted by Gasteiger charge is -2.43. The van der Waals surface area contributed by atoms with E-state index < -0.39 is 0 Å². The maximum atomic E-state index is 3.65. The fraction of sp³-hybridized carbons (Fsp3) is 1.00. The molecule has 1 rings (SSSR count). The largest absolute Gasteiger partial charge is 0.316 e. The molecule has 1 N–H and O–H groups in total. The summed E-state index contributed by atoms with van der Waals surface area (Å²) in [5, 5.41) is 3.65. The van der Waals surface area contributed by atoms with Crippen LogP contribution in [0.4, 0.5) is 0 Å². The van der Waals surface area contributed by atoms with E-state index in [9.17, 15) is 0 Å². The van der Waals surface area contributed by atoms with Gasteiger partial charge in [-0.15, -0.1) is 0 Å². The third-order valence-electron chi connectivity index (χ3n) is 3.72. The van der Waals surface area contributed by atoms with Crippen LogP contribution in [0.2, 0.25) is 0 Å². The van der Waals surface area contributed by atoms with Gasteiger partial charge in [-0.25, -0.2) is 0 Å². The van der Waals surface area contributed by atoms with Crippen molar-refractivity contribution in [2.24, 2.45) is 17.3 Å². The minimum Gasteiger partial charge on any atom is -0.316 e. The second kappa shape index (κ2) is 5.89. The molecule has 0 aliphatic heterocycles.